The molecule has 0 aromatic heterocycles. The smallest absolute Gasteiger partial charge is 0.173 e. The van der Waals surface area contributed by atoms with E-state index < -0.39 is 0 Å². The average Bonchev–Trinajstić information content (AvgIpc) is 2.23. The van der Waals surface area contributed by atoms with Crippen LogP contribution in [0.3, 0.4) is 0 Å². The van der Waals surface area contributed by atoms with E-state index in [9.17, 15) is 0 Å². The largest absolute Gasteiger partial charge is 0.349 e. The van der Waals surface area contributed by atoms with Gasteiger partial charge in [0.05, 0.1) is 12.7 Å². The summed E-state index contributed by atoms with van der Waals surface area (Å²) in [5.41, 5.74) is 0. The second-order valence-electron chi connectivity index (χ2n) is 4.45. The molecule has 0 bridgehead atoms. The molecule has 0 aliphatic carbocycles. The monoisotopic (exact) mass is 199 g/mol. The summed E-state index contributed by atoms with van der Waals surface area (Å²) in [7, 11) is 0. The van der Waals surface area contributed by atoms with Gasteiger partial charge < -0.3 is 14.8 Å². The van der Waals surface area contributed by atoms with Crippen LogP contribution in [0.4, 0.5) is 0 Å². The van der Waals surface area contributed by atoms with Crippen molar-refractivity contribution >= 4 is 0 Å². The molecule has 3 nitrogen and oxygen atoms in total. The van der Waals surface area contributed by atoms with E-state index in [1.807, 2.05) is 0 Å². The van der Waals surface area contributed by atoms with Crippen molar-refractivity contribution in [1.82, 2.24) is 5.32 Å². The third kappa shape index (κ3) is 1.81. The van der Waals surface area contributed by atoms with Gasteiger partial charge in [-0.2, -0.15) is 0 Å². The highest BCUT2D eigenvalue weighted by molar-refractivity contribution is 4.87. The molecule has 2 rings (SSSR count). The zero-order valence-electron chi connectivity index (χ0n) is 9.21. The van der Waals surface area contributed by atoms with Gasteiger partial charge in [0.2, 0.25) is 0 Å². The van der Waals surface area contributed by atoms with Crippen LogP contribution in [-0.4, -0.2) is 31.6 Å². The summed E-state index contributed by atoms with van der Waals surface area (Å²) >= 11 is 0. The van der Waals surface area contributed by atoms with Crippen LogP contribution in [0.25, 0.3) is 0 Å². The normalized spacial score (nSPS) is 44.1. The molecule has 3 heteroatoms. The van der Waals surface area contributed by atoms with Crippen LogP contribution in [0.5, 0.6) is 0 Å². The first-order chi connectivity index (χ1) is 6.77. The molecule has 1 spiro atoms. The van der Waals surface area contributed by atoms with Gasteiger partial charge in [-0.05, 0) is 12.8 Å². The number of hydrogen-bond donors (Lipinski definition) is 1. The van der Waals surface area contributed by atoms with Gasteiger partial charge in [-0.1, -0.05) is 13.8 Å². The van der Waals surface area contributed by atoms with Crippen LogP contribution in [0.15, 0.2) is 0 Å². The van der Waals surface area contributed by atoms with Gasteiger partial charge in [0, 0.05) is 25.4 Å². The van der Waals surface area contributed by atoms with Gasteiger partial charge in [0.25, 0.3) is 0 Å². The topological polar surface area (TPSA) is 30.5 Å². The molecule has 0 saturated carbocycles. The molecular weight excluding hydrogens is 178 g/mol. The van der Waals surface area contributed by atoms with Crippen LogP contribution >= 0.6 is 0 Å². The Morgan fingerprint density at radius 2 is 2.36 bits per heavy atom. The second kappa shape index (κ2) is 4.17. The summed E-state index contributed by atoms with van der Waals surface area (Å²) in [6.45, 7) is 7.29. The van der Waals surface area contributed by atoms with E-state index in [0.717, 1.165) is 39.0 Å². The Morgan fingerprint density at radius 1 is 1.50 bits per heavy atom. The zero-order valence-corrected chi connectivity index (χ0v) is 9.21. The molecule has 0 radical (unpaired) electrons. The van der Waals surface area contributed by atoms with Crippen molar-refractivity contribution in [2.24, 2.45) is 5.92 Å². The lowest BCUT2D eigenvalue weighted by atomic mass is 9.92. The first kappa shape index (κ1) is 10.4. The average molecular weight is 199 g/mol. The van der Waals surface area contributed by atoms with Gasteiger partial charge >= 0.3 is 0 Å². The van der Waals surface area contributed by atoms with Crippen LogP contribution in [0, 0.1) is 5.92 Å². The summed E-state index contributed by atoms with van der Waals surface area (Å²) in [5.74, 6) is 0.190. The maximum atomic E-state index is 6.11. The predicted molar refractivity (Wildman–Crippen MR) is 55.1 cm³/mol. The number of ether oxygens (including phenoxy) is 2. The Kier molecular flexibility index (Phi) is 3.10. The molecule has 3 unspecified atom stereocenters. The standard InChI is InChI=1S/C11H21NO2/c1-3-10-4-7-13-11(14-10)5-6-12-8-9(11)2/h9-10,12H,3-8H2,1-2H3. The summed E-state index contributed by atoms with van der Waals surface area (Å²) < 4.78 is 12.0. The van der Waals surface area contributed by atoms with Gasteiger partial charge in [-0.3, -0.25) is 0 Å². The molecular formula is C11H21NO2. The molecule has 2 aliphatic heterocycles. The van der Waals surface area contributed by atoms with Crippen LogP contribution in [0.2, 0.25) is 0 Å². The van der Waals surface area contributed by atoms with Crippen molar-refractivity contribution in [3.05, 3.63) is 0 Å². The fraction of sp³-hybridized carbons (Fsp3) is 1.00. The quantitative estimate of drug-likeness (QED) is 0.694. The van der Waals surface area contributed by atoms with Crippen molar-refractivity contribution in [3.63, 3.8) is 0 Å². The number of rotatable bonds is 1. The maximum Gasteiger partial charge on any atom is 0.173 e. The van der Waals surface area contributed by atoms with Gasteiger partial charge in [-0.15, -0.1) is 0 Å². The van der Waals surface area contributed by atoms with Crippen molar-refractivity contribution in [3.8, 4) is 0 Å². The number of piperidine rings is 1. The van der Waals surface area contributed by atoms with Gasteiger partial charge in [0.1, 0.15) is 0 Å². The molecule has 0 amide bonds. The molecule has 2 fully saturated rings. The Balaban J connectivity index is 2.04. The van der Waals surface area contributed by atoms with E-state index >= 15 is 0 Å². The molecule has 82 valence electrons. The van der Waals surface area contributed by atoms with Gasteiger partial charge in [-0.25, -0.2) is 0 Å². The van der Waals surface area contributed by atoms with Gasteiger partial charge in [0.15, 0.2) is 5.79 Å². The van der Waals surface area contributed by atoms with Crippen molar-refractivity contribution in [2.75, 3.05) is 19.7 Å². The van der Waals surface area contributed by atoms with Crippen molar-refractivity contribution in [2.45, 2.75) is 45.0 Å². The van der Waals surface area contributed by atoms with Crippen LogP contribution in [-0.2, 0) is 9.47 Å². The molecule has 2 heterocycles. The summed E-state index contributed by atoms with van der Waals surface area (Å²) in [5, 5.41) is 3.38. The minimum Gasteiger partial charge on any atom is -0.349 e. The third-order valence-electron chi connectivity index (χ3n) is 3.46. The summed E-state index contributed by atoms with van der Waals surface area (Å²) in [4.78, 5) is 0. The summed E-state index contributed by atoms with van der Waals surface area (Å²) in [6.07, 6.45) is 3.55. The van der Waals surface area contributed by atoms with E-state index in [1.54, 1.807) is 0 Å². The lowest BCUT2D eigenvalue weighted by Crippen LogP contribution is -2.56. The van der Waals surface area contributed by atoms with Crippen molar-refractivity contribution in [1.29, 1.82) is 0 Å². The predicted octanol–water partition coefficient (Wildman–Crippen LogP) is 1.53. The molecule has 3 atom stereocenters. The van der Waals surface area contributed by atoms with E-state index in [1.165, 1.54) is 0 Å². The Morgan fingerprint density at radius 3 is 3.07 bits per heavy atom. The summed E-state index contributed by atoms with van der Waals surface area (Å²) in [6, 6.07) is 0. The number of nitrogens with one attached hydrogen (secondary N) is 1. The van der Waals surface area contributed by atoms with E-state index in [2.05, 4.69) is 19.2 Å². The van der Waals surface area contributed by atoms with E-state index in [4.69, 9.17) is 9.47 Å². The highest BCUT2D eigenvalue weighted by atomic mass is 16.7. The second-order valence-corrected chi connectivity index (χ2v) is 4.45. The zero-order chi connectivity index (χ0) is 10.0. The molecule has 0 aromatic rings. The Bertz CT molecular complexity index is 194. The van der Waals surface area contributed by atoms with Crippen LogP contribution < -0.4 is 5.32 Å². The minimum absolute atomic E-state index is 0.274. The number of hydrogen-bond acceptors (Lipinski definition) is 3. The fourth-order valence-corrected chi connectivity index (χ4v) is 2.40. The van der Waals surface area contributed by atoms with E-state index in [0.29, 0.717) is 12.0 Å². The minimum atomic E-state index is -0.274. The third-order valence-corrected chi connectivity index (χ3v) is 3.46. The maximum absolute atomic E-state index is 6.11. The fourth-order valence-electron chi connectivity index (χ4n) is 2.40. The lowest BCUT2D eigenvalue weighted by Gasteiger charge is -2.47. The first-order valence-corrected chi connectivity index (χ1v) is 5.79. The highest BCUT2D eigenvalue weighted by Gasteiger charge is 2.44. The molecule has 1 N–H and O–H groups in total. The van der Waals surface area contributed by atoms with Crippen molar-refractivity contribution < 1.29 is 9.47 Å². The van der Waals surface area contributed by atoms with E-state index in [-0.39, 0.29) is 5.79 Å². The lowest BCUT2D eigenvalue weighted by molar-refractivity contribution is -0.322. The Labute approximate surface area is 86.2 Å². The highest BCUT2D eigenvalue weighted by Crippen LogP contribution is 2.35. The Hall–Kier alpha value is -0.120. The molecule has 2 saturated heterocycles. The molecule has 2 aliphatic rings. The van der Waals surface area contributed by atoms with Crippen LogP contribution in [0.1, 0.15) is 33.1 Å². The molecule has 14 heavy (non-hydrogen) atoms. The first-order valence-electron chi connectivity index (χ1n) is 5.79. The SMILES string of the molecule is CCC1CCOC2(CCNCC2C)O1. The molecule has 0 aromatic carbocycles.